The summed E-state index contributed by atoms with van der Waals surface area (Å²) < 4.78 is 5.15. The lowest BCUT2D eigenvalue weighted by Crippen LogP contribution is -2.32. The summed E-state index contributed by atoms with van der Waals surface area (Å²) in [6.07, 6.45) is 0.524. The van der Waals surface area contributed by atoms with Crippen molar-refractivity contribution in [1.29, 1.82) is 0 Å². The molecule has 0 aliphatic carbocycles. The summed E-state index contributed by atoms with van der Waals surface area (Å²) >= 11 is 0. The lowest BCUT2D eigenvalue weighted by molar-refractivity contribution is 0.0913. The second-order valence-electron chi connectivity index (χ2n) is 4.38. The number of pyridine rings is 1. The molecule has 3 N–H and O–H groups in total. The number of carbonyl (C=O) groups is 1. The Bertz CT molecular complexity index is 681. The van der Waals surface area contributed by atoms with Crippen LogP contribution in [-0.2, 0) is 0 Å². The first-order chi connectivity index (χ1) is 10.1. The molecule has 6 nitrogen and oxygen atoms in total. The third kappa shape index (κ3) is 3.49. The third-order valence-corrected chi connectivity index (χ3v) is 3.02. The largest absolute Gasteiger partial charge is 0.496 e. The minimum Gasteiger partial charge on any atom is -0.496 e. The number of aromatic amines is 1. The number of hydrogen-bond acceptors (Lipinski definition) is 4. The van der Waals surface area contributed by atoms with E-state index in [2.05, 4.69) is 10.3 Å². The average molecular weight is 288 g/mol. The van der Waals surface area contributed by atoms with Crippen molar-refractivity contribution < 1.29 is 14.6 Å². The number of ether oxygens (including phenoxy) is 1. The van der Waals surface area contributed by atoms with Gasteiger partial charge in [-0.3, -0.25) is 9.59 Å². The van der Waals surface area contributed by atoms with E-state index in [9.17, 15) is 14.7 Å². The van der Waals surface area contributed by atoms with Crippen LogP contribution < -0.4 is 15.6 Å². The van der Waals surface area contributed by atoms with Gasteiger partial charge in [-0.2, -0.15) is 0 Å². The van der Waals surface area contributed by atoms with E-state index < -0.39 is 17.6 Å². The van der Waals surface area contributed by atoms with Crippen LogP contribution in [0.2, 0.25) is 0 Å². The summed E-state index contributed by atoms with van der Waals surface area (Å²) in [5.41, 5.74) is 0.105. The molecule has 2 rings (SSSR count). The molecular formula is C15H16N2O4. The van der Waals surface area contributed by atoms with Gasteiger partial charge in [0.15, 0.2) is 0 Å². The van der Waals surface area contributed by atoms with Gasteiger partial charge in [0.25, 0.3) is 11.5 Å². The first kappa shape index (κ1) is 14.8. The number of para-hydroxylation sites is 1. The summed E-state index contributed by atoms with van der Waals surface area (Å²) in [6.45, 7) is -0.0203. The average Bonchev–Trinajstić information content (AvgIpc) is 2.52. The zero-order valence-electron chi connectivity index (χ0n) is 11.5. The molecule has 0 saturated heterocycles. The predicted molar refractivity (Wildman–Crippen MR) is 77.3 cm³/mol. The number of rotatable bonds is 5. The number of aliphatic hydroxyl groups is 1. The Hall–Kier alpha value is -2.60. The maximum absolute atomic E-state index is 11.9. The van der Waals surface area contributed by atoms with Crippen LogP contribution >= 0.6 is 0 Å². The summed E-state index contributed by atoms with van der Waals surface area (Å²) in [5.74, 6) is 0.00241. The van der Waals surface area contributed by atoms with Gasteiger partial charge in [-0.15, -0.1) is 0 Å². The zero-order chi connectivity index (χ0) is 15.2. The third-order valence-electron chi connectivity index (χ3n) is 3.02. The fourth-order valence-electron chi connectivity index (χ4n) is 1.94. The van der Waals surface area contributed by atoms with Crippen LogP contribution in [0.3, 0.4) is 0 Å². The standard InChI is InChI=1S/C15H16N2O4/c1-21-13-7-3-2-5-10(13)12(18)9-17-15(20)11-6-4-8-16-14(11)19/h2-8,12,18H,9H2,1H3,(H,16,19)(H,17,20)/t12-/m0/s1. The van der Waals surface area contributed by atoms with Crippen LogP contribution in [0.1, 0.15) is 22.0 Å². The molecule has 1 aromatic heterocycles. The van der Waals surface area contributed by atoms with Crippen LogP contribution in [-0.4, -0.2) is 29.7 Å². The molecule has 0 saturated carbocycles. The number of carbonyl (C=O) groups excluding carboxylic acids is 1. The predicted octanol–water partition coefficient (Wildman–Crippen LogP) is 0.847. The number of aliphatic hydroxyl groups excluding tert-OH is 1. The quantitative estimate of drug-likeness (QED) is 0.760. The lowest BCUT2D eigenvalue weighted by atomic mass is 10.1. The van der Waals surface area contributed by atoms with Crippen LogP contribution in [0.5, 0.6) is 5.75 Å². The minimum absolute atomic E-state index is 0.00438. The van der Waals surface area contributed by atoms with Gasteiger partial charge in [-0.05, 0) is 18.2 Å². The second kappa shape index (κ2) is 6.71. The second-order valence-corrected chi connectivity index (χ2v) is 4.38. The van der Waals surface area contributed by atoms with Crippen molar-refractivity contribution in [2.45, 2.75) is 6.10 Å². The van der Waals surface area contributed by atoms with Gasteiger partial charge in [-0.25, -0.2) is 0 Å². The van der Waals surface area contributed by atoms with Gasteiger partial charge in [0, 0.05) is 18.3 Å². The number of hydrogen-bond donors (Lipinski definition) is 3. The van der Waals surface area contributed by atoms with Gasteiger partial charge in [0.1, 0.15) is 11.3 Å². The number of nitrogens with one attached hydrogen (secondary N) is 2. The molecule has 0 spiro atoms. The normalized spacial score (nSPS) is 11.7. The monoisotopic (exact) mass is 288 g/mol. The highest BCUT2D eigenvalue weighted by Crippen LogP contribution is 2.23. The lowest BCUT2D eigenvalue weighted by Gasteiger charge is -2.15. The summed E-state index contributed by atoms with van der Waals surface area (Å²) in [6, 6.07) is 9.98. The summed E-state index contributed by atoms with van der Waals surface area (Å²) in [4.78, 5) is 25.8. The van der Waals surface area contributed by atoms with Crippen molar-refractivity contribution in [3.05, 3.63) is 64.1 Å². The Morgan fingerprint density at radius 2 is 2.10 bits per heavy atom. The molecule has 2 aromatic rings. The van der Waals surface area contributed by atoms with Crippen molar-refractivity contribution >= 4 is 5.91 Å². The van der Waals surface area contributed by atoms with E-state index in [0.29, 0.717) is 11.3 Å². The van der Waals surface area contributed by atoms with Crippen molar-refractivity contribution in [1.82, 2.24) is 10.3 Å². The zero-order valence-corrected chi connectivity index (χ0v) is 11.5. The highest BCUT2D eigenvalue weighted by molar-refractivity contribution is 5.93. The molecule has 0 aliphatic heterocycles. The molecule has 0 unspecified atom stereocenters. The van der Waals surface area contributed by atoms with Gasteiger partial charge in [-0.1, -0.05) is 18.2 Å². The number of aromatic nitrogens is 1. The molecule has 110 valence electrons. The number of methoxy groups -OCH3 is 1. The molecule has 21 heavy (non-hydrogen) atoms. The van der Waals surface area contributed by atoms with Crippen molar-refractivity contribution in [3.63, 3.8) is 0 Å². The Morgan fingerprint density at radius 3 is 2.81 bits per heavy atom. The highest BCUT2D eigenvalue weighted by Gasteiger charge is 2.15. The van der Waals surface area contributed by atoms with E-state index in [1.54, 1.807) is 30.3 Å². The van der Waals surface area contributed by atoms with E-state index in [-0.39, 0.29) is 12.1 Å². The van der Waals surface area contributed by atoms with Crippen LogP contribution in [0.25, 0.3) is 0 Å². The van der Waals surface area contributed by atoms with E-state index >= 15 is 0 Å². The molecule has 0 bridgehead atoms. The molecular weight excluding hydrogens is 272 g/mol. The van der Waals surface area contributed by atoms with E-state index in [4.69, 9.17) is 4.74 Å². The van der Waals surface area contributed by atoms with Crippen LogP contribution in [0.4, 0.5) is 0 Å². The molecule has 0 fully saturated rings. The van der Waals surface area contributed by atoms with Crippen molar-refractivity contribution in [2.24, 2.45) is 0 Å². The molecule has 0 radical (unpaired) electrons. The SMILES string of the molecule is COc1ccccc1[C@@H](O)CNC(=O)c1ccc[nH]c1=O. The van der Waals surface area contributed by atoms with Crippen LogP contribution in [0.15, 0.2) is 47.4 Å². The Kier molecular flexibility index (Phi) is 4.73. The minimum atomic E-state index is -0.923. The molecule has 6 heteroatoms. The molecule has 1 aromatic carbocycles. The van der Waals surface area contributed by atoms with Crippen molar-refractivity contribution in [3.8, 4) is 5.75 Å². The number of H-pyrrole nitrogens is 1. The molecule has 0 aliphatic rings. The van der Waals surface area contributed by atoms with E-state index in [0.717, 1.165) is 0 Å². The van der Waals surface area contributed by atoms with E-state index in [1.807, 2.05) is 0 Å². The molecule has 1 heterocycles. The Balaban J connectivity index is 2.04. The van der Waals surface area contributed by atoms with Crippen LogP contribution in [0, 0.1) is 0 Å². The molecule has 1 atom stereocenters. The number of amides is 1. The first-order valence-electron chi connectivity index (χ1n) is 6.40. The van der Waals surface area contributed by atoms with Gasteiger partial charge >= 0.3 is 0 Å². The Morgan fingerprint density at radius 1 is 1.33 bits per heavy atom. The summed E-state index contributed by atoms with van der Waals surface area (Å²) in [7, 11) is 1.51. The fourth-order valence-corrected chi connectivity index (χ4v) is 1.94. The van der Waals surface area contributed by atoms with Gasteiger partial charge < -0.3 is 20.1 Å². The van der Waals surface area contributed by atoms with Gasteiger partial charge in [0.2, 0.25) is 0 Å². The first-order valence-corrected chi connectivity index (χ1v) is 6.40. The summed E-state index contributed by atoms with van der Waals surface area (Å²) in [5, 5.41) is 12.6. The smallest absolute Gasteiger partial charge is 0.260 e. The molecule has 1 amide bonds. The van der Waals surface area contributed by atoms with Gasteiger partial charge in [0.05, 0.1) is 13.2 Å². The van der Waals surface area contributed by atoms with Crippen molar-refractivity contribution in [2.75, 3.05) is 13.7 Å². The topological polar surface area (TPSA) is 91.4 Å². The highest BCUT2D eigenvalue weighted by atomic mass is 16.5. The maximum Gasteiger partial charge on any atom is 0.260 e. The van der Waals surface area contributed by atoms with E-state index in [1.165, 1.54) is 19.4 Å². The Labute approximate surface area is 121 Å². The maximum atomic E-state index is 11.9. The fraction of sp³-hybridized carbons (Fsp3) is 0.200. The number of benzene rings is 1.